The standard InChI is InChI=1S/C10H6BrF2NO2S2/c11-9-3-4-10(17-9)18(15,16)14-6-1-2-7(12)8(13)5-6/h1-5,14H. The highest BCUT2D eigenvalue weighted by Gasteiger charge is 2.17. The summed E-state index contributed by atoms with van der Waals surface area (Å²) in [5.41, 5.74) is -0.0292. The predicted octanol–water partition coefficient (Wildman–Crippen LogP) is 3.59. The summed E-state index contributed by atoms with van der Waals surface area (Å²) in [7, 11) is -3.77. The maximum absolute atomic E-state index is 12.9. The van der Waals surface area contributed by atoms with Gasteiger partial charge in [0.25, 0.3) is 10.0 Å². The molecule has 2 aromatic rings. The zero-order valence-electron chi connectivity index (χ0n) is 8.65. The predicted molar refractivity (Wildman–Crippen MR) is 69.2 cm³/mol. The molecule has 0 spiro atoms. The van der Waals surface area contributed by atoms with Crippen LogP contribution >= 0.6 is 27.3 Å². The van der Waals surface area contributed by atoms with Crippen LogP contribution in [0.15, 0.2) is 38.3 Å². The summed E-state index contributed by atoms with van der Waals surface area (Å²) in [5, 5.41) is 0. The van der Waals surface area contributed by atoms with Gasteiger partial charge in [-0.1, -0.05) is 0 Å². The van der Waals surface area contributed by atoms with Gasteiger partial charge >= 0.3 is 0 Å². The van der Waals surface area contributed by atoms with E-state index in [4.69, 9.17) is 0 Å². The van der Waals surface area contributed by atoms with Gasteiger partial charge in [-0.05, 0) is 40.2 Å². The topological polar surface area (TPSA) is 46.2 Å². The van der Waals surface area contributed by atoms with Gasteiger partial charge in [-0.25, -0.2) is 17.2 Å². The van der Waals surface area contributed by atoms with E-state index in [9.17, 15) is 17.2 Å². The monoisotopic (exact) mass is 353 g/mol. The van der Waals surface area contributed by atoms with Crippen LogP contribution in [-0.2, 0) is 10.0 Å². The third-order valence-electron chi connectivity index (χ3n) is 1.99. The highest BCUT2D eigenvalue weighted by atomic mass is 79.9. The molecule has 0 amide bonds. The molecule has 18 heavy (non-hydrogen) atoms. The largest absolute Gasteiger partial charge is 0.279 e. The van der Waals surface area contributed by atoms with E-state index in [2.05, 4.69) is 20.7 Å². The Morgan fingerprint density at radius 2 is 1.83 bits per heavy atom. The number of halogens is 3. The quantitative estimate of drug-likeness (QED) is 0.916. The minimum atomic E-state index is -3.77. The molecular formula is C10H6BrF2NO2S2. The Morgan fingerprint density at radius 3 is 2.39 bits per heavy atom. The molecule has 0 aliphatic heterocycles. The molecule has 2 rings (SSSR count). The fourth-order valence-electron chi connectivity index (χ4n) is 1.21. The molecule has 8 heteroatoms. The van der Waals surface area contributed by atoms with Crippen molar-refractivity contribution < 1.29 is 17.2 Å². The lowest BCUT2D eigenvalue weighted by molar-refractivity contribution is 0.509. The van der Waals surface area contributed by atoms with Gasteiger partial charge in [0.15, 0.2) is 11.6 Å². The van der Waals surface area contributed by atoms with Crippen molar-refractivity contribution in [3.8, 4) is 0 Å². The van der Waals surface area contributed by atoms with E-state index in [-0.39, 0.29) is 9.90 Å². The average Bonchev–Trinajstić information content (AvgIpc) is 2.71. The highest BCUT2D eigenvalue weighted by Crippen LogP contribution is 2.27. The summed E-state index contributed by atoms with van der Waals surface area (Å²) in [4.78, 5) is 0. The molecule has 0 radical (unpaired) electrons. The maximum atomic E-state index is 12.9. The Kier molecular flexibility index (Phi) is 3.69. The van der Waals surface area contributed by atoms with Crippen molar-refractivity contribution in [3.05, 3.63) is 45.8 Å². The first-order chi connectivity index (χ1) is 8.38. The van der Waals surface area contributed by atoms with Crippen LogP contribution in [0.2, 0.25) is 0 Å². The number of nitrogens with one attached hydrogen (secondary N) is 1. The van der Waals surface area contributed by atoms with Crippen molar-refractivity contribution in [2.75, 3.05) is 4.72 Å². The van der Waals surface area contributed by atoms with Crippen molar-refractivity contribution in [2.24, 2.45) is 0 Å². The molecule has 0 bridgehead atoms. The van der Waals surface area contributed by atoms with Crippen LogP contribution in [0, 0.1) is 11.6 Å². The second-order valence-electron chi connectivity index (χ2n) is 3.29. The van der Waals surface area contributed by atoms with Gasteiger partial charge in [-0.2, -0.15) is 0 Å². The third kappa shape index (κ3) is 2.88. The molecule has 0 fully saturated rings. The first-order valence-corrected chi connectivity index (χ1v) is 7.71. The Hall–Kier alpha value is -0.990. The number of thiophene rings is 1. The normalized spacial score (nSPS) is 11.5. The minimum absolute atomic E-state index is 0.0292. The molecule has 0 aliphatic rings. The fourth-order valence-corrected chi connectivity index (χ4v) is 4.27. The lowest BCUT2D eigenvalue weighted by atomic mass is 10.3. The molecule has 1 N–H and O–H groups in total. The molecule has 0 aliphatic carbocycles. The van der Waals surface area contributed by atoms with E-state index in [1.54, 1.807) is 6.07 Å². The molecule has 0 saturated carbocycles. The van der Waals surface area contributed by atoms with Crippen LogP contribution in [0.1, 0.15) is 0 Å². The summed E-state index contributed by atoms with van der Waals surface area (Å²) in [6.07, 6.45) is 0. The summed E-state index contributed by atoms with van der Waals surface area (Å²) in [5.74, 6) is -2.14. The van der Waals surface area contributed by atoms with Crippen molar-refractivity contribution in [3.63, 3.8) is 0 Å². The van der Waals surface area contributed by atoms with E-state index in [0.29, 0.717) is 3.79 Å². The SMILES string of the molecule is O=S(=O)(Nc1ccc(F)c(F)c1)c1ccc(Br)s1. The summed E-state index contributed by atoms with van der Waals surface area (Å²) >= 11 is 4.17. The van der Waals surface area contributed by atoms with E-state index in [1.165, 1.54) is 6.07 Å². The van der Waals surface area contributed by atoms with Gasteiger partial charge in [0.1, 0.15) is 4.21 Å². The summed E-state index contributed by atoms with van der Waals surface area (Å²) in [6.45, 7) is 0. The van der Waals surface area contributed by atoms with Gasteiger partial charge in [0.2, 0.25) is 0 Å². The third-order valence-corrected chi connectivity index (χ3v) is 5.48. The van der Waals surface area contributed by atoms with Gasteiger partial charge < -0.3 is 0 Å². The fraction of sp³-hybridized carbons (Fsp3) is 0. The number of anilines is 1. The summed E-state index contributed by atoms with van der Waals surface area (Å²) < 4.78 is 52.3. The van der Waals surface area contributed by atoms with Gasteiger partial charge in [-0.3, -0.25) is 4.72 Å². The van der Waals surface area contributed by atoms with Crippen LogP contribution in [0.5, 0.6) is 0 Å². The number of benzene rings is 1. The Morgan fingerprint density at radius 1 is 1.11 bits per heavy atom. The highest BCUT2D eigenvalue weighted by molar-refractivity contribution is 9.11. The van der Waals surface area contributed by atoms with Crippen molar-refractivity contribution in [1.29, 1.82) is 0 Å². The maximum Gasteiger partial charge on any atom is 0.271 e. The molecule has 0 unspecified atom stereocenters. The minimum Gasteiger partial charge on any atom is -0.279 e. The molecular weight excluding hydrogens is 348 g/mol. The molecule has 0 atom stereocenters. The first kappa shape index (κ1) is 13.4. The molecule has 1 aromatic carbocycles. The second kappa shape index (κ2) is 4.94. The Bertz CT molecular complexity index is 685. The van der Waals surface area contributed by atoms with Crippen LogP contribution in [0.25, 0.3) is 0 Å². The number of sulfonamides is 1. The smallest absolute Gasteiger partial charge is 0.271 e. The Balaban J connectivity index is 2.30. The van der Waals surface area contributed by atoms with Crippen LogP contribution in [0.3, 0.4) is 0 Å². The number of hydrogen-bond acceptors (Lipinski definition) is 3. The van der Waals surface area contributed by atoms with Crippen LogP contribution < -0.4 is 4.72 Å². The van der Waals surface area contributed by atoms with Crippen LogP contribution in [0.4, 0.5) is 14.5 Å². The molecule has 1 heterocycles. The molecule has 1 aromatic heterocycles. The zero-order valence-corrected chi connectivity index (χ0v) is 11.9. The lowest BCUT2D eigenvalue weighted by Gasteiger charge is -2.06. The Labute approximate surface area is 115 Å². The van der Waals surface area contributed by atoms with Gasteiger partial charge in [0, 0.05) is 6.07 Å². The molecule has 0 saturated heterocycles. The van der Waals surface area contributed by atoms with Gasteiger partial charge in [0.05, 0.1) is 9.47 Å². The number of hydrogen-bond donors (Lipinski definition) is 1. The first-order valence-electron chi connectivity index (χ1n) is 4.62. The average molecular weight is 354 g/mol. The van der Waals surface area contributed by atoms with E-state index < -0.39 is 21.7 Å². The van der Waals surface area contributed by atoms with E-state index >= 15 is 0 Å². The van der Waals surface area contributed by atoms with E-state index in [1.807, 2.05) is 0 Å². The zero-order chi connectivity index (χ0) is 13.3. The molecule has 96 valence electrons. The second-order valence-corrected chi connectivity index (χ2v) is 7.67. The van der Waals surface area contributed by atoms with Crippen LogP contribution in [-0.4, -0.2) is 8.42 Å². The van der Waals surface area contributed by atoms with Gasteiger partial charge in [-0.15, -0.1) is 11.3 Å². The van der Waals surface area contributed by atoms with Crippen molar-refractivity contribution in [1.82, 2.24) is 0 Å². The number of rotatable bonds is 3. The summed E-state index contributed by atoms with van der Waals surface area (Å²) in [6, 6.07) is 5.80. The van der Waals surface area contributed by atoms with E-state index in [0.717, 1.165) is 29.5 Å². The van der Waals surface area contributed by atoms with Crippen molar-refractivity contribution >= 4 is 43.0 Å². The molecule has 3 nitrogen and oxygen atoms in total. The van der Waals surface area contributed by atoms with Crippen molar-refractivity contribution in [2.45, 2.75) is 4.21 Å². The lowest BCUT2D eigenvalue weighted by Crippen LogP contribution is -2.11.